The van der Waals surface area contributed by atoms with E-state index in [4.69, 9.17) is 9.63 Å². The molecule has 1 amide bonds. The highest BCUT2D eigenvalue weighted by molar-refractivity contribution is 5.75. The Morgan fingerprint density at radius 1 is 1.48 bits per heavy atom. The molecule has 1 heterocycles. The third-order valence-corrected chi connectivity index (χ3v) is 4.04. The highest BCUT2D eigenvalue weighted by Gasteiger charge is 2.22. The van der Waals surface area contributed by atoms with E-state index in [2.05, 4.69) is 15.5 Å². The average molecular weight is 295 g/mol. The van der Waals surface area contributed by atoms with Gasteiger partial charge in [-0.25, -0.2) is 0 Å². The van der Waals surface area contributed by atoms with Crippen molar-refractivity contribution in [1.82, 2.24) is 15.5 Å². The van der Waals surface area contributed by atoms with Gasteiger partial charge in [-0.1, -0.05) is 24.9 Å². The minimum absolute atomic E-state index is 0.0135. The first-order valence-electron chi connectivity index (χ1n) is 7.89. The molecule has 1 aliphatic rings. The first-order valence-corrected chi connectivity index (χ1v) is 7.89. The Labute approximate surface area is 125 Å². The van der Waals surface area contributed by atoms with Crippen LogP contribution in [0.4, 0.5) is 0 Å². The van der Waals surface area contributed by atoms with Crippen molar-refractivity contribution in [3.8, 4) is 0 Å². The van der Waals surface area contributed by atoms with E-state index in [1.165, 1.54) is 12.8 Å². The van der Waals surface area contributed by atoms with Crippen LogP contribution in [0.5, 0.6) is 0 Å². The molecule has 0 radical (unpaired) electrons. The Morgan fingerprint density at radius 3 is 2.95 bits per heavy atom. The van der Waals surface area contributed by atoms with Gasteiger partial charge in [0.05, 0.1) is 0 Å². The van der Waals surface area contributed by atoms with Gasteiger partial charge < -0.3 is 14.9 Å². The number of carbonyl (C=O) groups excluding carboxylic acids is 1. The van der Waals surface area contributed by atoms with E-state index in [1.807, 2.05) is 6.92 Å². The van der Waals surface area contributed by atoms with Crippen molar-refractivity contribution in [3.63, 3.8) is 0 Å². The predicted molar refractivity (Wildman–Crippen MR) is 77.7 cm³/mol. The van der Waals surface area contributed by atoms with Crippen LogP contribution in [0.25, 0.3) is 0 Å². The fraction of sp³-hybridized carbons (Fsp3) is 0.800. The molecule has 2 rings (SSSR count). The summed E-state index contributed by atoms with van der Waals surface area (Å²) in [5.74, 6) is 2.07. The summed E-state index contributed by atoms with van der Waals surface area (Å²) >= 11 is 0. The van der Waals surface area contributed by atoms with Gasteiger partial charge in [0.1, 0.15) is 0 Å². The van der Waals surface area contributed by atoms with Crippen LogP contribution >= 0.6 is 0 Å². The zero-order valence-corrected chi connectivity index (χ0v) is 12.7. The van der Waals surface area contributed by atoms with E-state index in [9.17, 15) is 4.79 Å². The molecule has 6 heteroatoms. The van der Waals surface area contributed by atoms with E-state index in [0.717, 1.165) is 18.7 Å². The van der Waals surface area contributed by atoms with Crippen LogP contribution in [-0.4, -0.2) is 34.3 Å². The summed E-state index contributed by atoms with van der Waals surface area (Å²) in [6, 6.07) is 0. The molecule has 118 valence electrons. The van der Waals surface area contributed by atoms with E-state index in [-0.39, 0.29) is 18.4 Å². The topological polar surface area (TPSA) is 88.2 Å². The molecule has 1 unspecified atom stereocenters. The highest BCUT2D eigenvalue weighted by atomic mass is 16.5. The maximum atomic E-state index is 11.7. The summed E-state index contributed by atoms with van der Waals surface area (Å²) in [5, 5.41) is 15.7. The monoisotopic (exact) mass is 295 g/mol. The van der Waals surface area contributed by atoms with Gasteiger partial charge in [0.15, 0.2) is 5.82 Å². The summed E-state index contributed by atoms with van der Waals surface area (Å²) in [6.45, 7) is 2.75. The Morgan fingerprint density at radius 2 is 2.24 bits per heavy atom. The van der Waals surface area contributed by atoms with Crippen LogP contribution < -0.4 is 5.32 Å². The van der Waals surface area contributed by atoms with Crippen LogP contribution in [0.1, 0.15) is 63.1 Å². The summed E-state index contributed by atoms with van der Waals surface area (Å²) < 4.78 is 5.22. The van der Waals surface area contributed by atoms with Crippen molar-refractivity contribution < 1.29 is 14.4 Å². The zero-order chi connectivity index (χ0) is 15.1. The van der Waals surface area contributed by atoms with E-state index in [1.54, 1.807) is 0 Å². The third-order valence-electron chi connectivity index (χ3n) is 4.04. The molecule has 21 heavy (non-hydrogen) atoms. The maximum absolute atomic E-state index is 11.7. The van der Waals surface area contributed by atoms with Gasteiger partial charge >= 0.3 is 0 Å². The lowest BCUT2D eigenvalue weighted by Crippen LogP contribution is -2.28. The Balaban J connectivity index is 1.69. The molecule has 0 bridgehead atoms. The number of aliphatic hydroxyl groups is 1. The lowest BCUT2D eigenvalue weighted by Gasteiger charge is -2.10. The molecule has 1 fully saturated rings. The number of nitrogens with zero attached hydrogens (tertiary/aromatic N) is 2. The standard InChI is InChI=1S/C15H25N3O3/c1-11(8-9-19)10-16-13(20)6-7-14-17-15(18-21-14)12-4-2-3-5-12/h11-12,19H,2-10H2,1H3,(H,16,20). The number of rotatable bonds is 8. The number of hydrogen-bond donors (Lipinski definition) is 2. The van der Waals surface area contributed by atoms with Crippen LogP contribution in [0.3, 0.4) is 0 Å². The van der Waals surface area contributed by atoms with Gasteiger partial charge in [-0.05, 0) is 25.2 Å². The second kappa shape index (κ2) is 8.12. The quantitative estimate of drug-likeness (QED) is 0.763. The van der Waals surface area contributed by atoms with Crippen molar-refractivity contribution in [2.45, 2.75) is 57.8 Å². The van der Waals surface area contributed by atoms with Crippen LogP contribution in [-0.2, 0) is 11.2 Å². The minimum Gasteiger partial charge on any atom is -0.396 e. The fourth-order valence-corrected chi connectivity index (χ4v) is 2.64. The molecule has 1 saturated carbocycles. The predicted octanol–water partition coefficient (Wildman–Crippen LogP) is 1.79. The highest BCUT2D eigenvalue weighted by Crippen LogP contribution is 2.32. The summed E-state index contributed by atoms with van der Waals surface area (Å²) in [7, 11) is 0. The van der Waals surface area contributed by atoms with Gasteiger partial charge in [-0.15, -0.1) is 0 Å². The number of nitrogens with one attached hydrogen (secondary N) is 1. The van der Waals surface area contributed by atoms with Gasteiger partial charge in [0.25, 0.3) is 0 Å². The number of aromatic nitrogens is 2. The molecule has 6 nitrogen and oxygen atoms in total. The molecule has 1 aromatic heterocycles. The molecular weight excluding hydrogens is 270 g/mol. The maximum Gasteiger partial charge on any atom is 0.227 e. The first kappa shape index (κ1) is 15.9. The van der Waals surface area contributed by atoms with Gasteiger partial charge in [-0.2, -0.15) is 4.98 Å². The molecule has 1 aliphatic carbocycles. The molecule has 0 spiro atoms. The van der Waals surface area contributed by atoms with Crippen molar-refractivity contribution in [2.24, 2.45) is 5.92 Å². The lowest BCUT2D eigenvalue weighted by atomic mass is 10.1. The molecular formula is C15H25N3O3. The smallest absolute Gasteiger partial charge is 0.227 e. The SMILES string of the molecule is CC(CCO)CNC(=O)CCc1nc(C2CCCC2)no1. The van der Waals surface area contributed by atoms with Gasteiger partial charge in [-0.3, -0.25) is 4.79 Å². The van der Waals surface area contributed by atoms with E-state index >= 15 is 0 Å². The van der Waals surface area contributed by atoms with Crippen LogP contribution in [0, 0.1) is 5.92 Å². The molecule has 2 N–H and O–H groups in total. The number of aryl methyl sites for hydroxylation is 1. The van der Waals surface area contributed by atoms with Gasteiger partial charge in [0.2, 0.25) is 11.8 Å². The number of carbonyl (C=O) groups is 1. The minimum atomic E-state index is -0.0135. The van der Waals surface area contributed by atoms with Crippen molar-refractivity contribution in [3.05, 3.63) is 11.7 Å². The number of hydrogen-bond acceptors (Lipinski definition) is 5. The summed E-state index contributed by atoms with van der Waals surface area (Å²) in [4.78, 5) is 16.1. The van der Waals surface area contributed by atoms with Crippen molar-refractivity contribution >= 4 is 5.91 Å². The van der Waals surface area contributed by atoms with Gasteiger partial charge in [0, 0.05) is 31.9 Å². The summed E-state index contributed by atoms with van der Waals surface area (Å²) in [5.41, 5.74) is 0. The number of aliphatic hydroxyl groups excluding tert-OH is 1. The van der Waals surface area contributed by atoms with Crippen molar-refractivity contribution in [2.75, 3.05) is 13.2 Å². The van der Waals surface area contributed by atoms with Crippen LogP contribution in [0.2, 0.25) is 0 Å². The molecule has 1 atom stereocenters. The number of amides is 1. The molecule has 0 saturated heterocycles. The second-order valence-electron chi connectivity index (χ2n) is 5.95. The van der Waals surface area contributed by atoms with Crippen LogP contribution in [0.15, 0.2) is 4.52 Å². The Kier molecular flexibility index (Phi) is 6.17. The normalized spacial score (nSPS) is 17.0. The molecule has 1 aromatic rings. The third kappa shape index (κ3) is 5.12. The Bertz CT molecular complexity index is 441. The summed E-state index contributed by atoms with van der Waals surface area (Å²) in [6.07, 6.45) is 6.31. The first-order chi connectivity index (χ1) is 10.2. The van der Waals surface area contributed by atoms with E-state index in [0.29, 0.717) is 37.6 Å². The van der Waals surface area contributed by atoms with Crippen molar-refractivity contribution in [1.29, 1.82) is 0 Å². The molecule has 0 aromatic carbocycles. The largest absolute Gasteiger partial charge is 0.396 e. The fourth-order valence-electron chi connectivity index (χ4n) is 2.64. The average Bonchev–Trinajstić information content (AvgIpc) is 3.13. The van der Waals surface area contributed by atoms with E-state index < -0.39 is 0 Å². The second-order valence-corrected chi connectivity index (χ2v) is 5.95. The molecule has 0 aliphatic heterocycles. The zero-order valence-electron chi connectivity index (χ0n) is 12.7. The lowest BCUT2D eigenvalue weighted by molar-refractivity contribution is -0.121. The Hall–Kier alpha value is -1.43.